The molecule has 0 heterocycles. The summed E-state index contributed by atoms with van der Waals surface area (Å²) < 4.78 is 0. The van der Waals surface area contributed by atoms with E-state index in [1.165, 1.54) is 89.9 Å². The minimum Gasteiger partial charge on any atom is -1.00 e. The molecule has 0 saturated heterocycles. The topological polar surface area (TPSA) is 60.7 Å². The summed E-state index contributed by atoms with van der Waals surface area (Å²) in [6.45, 7) is 6.17. The molecule has 0 aliphatic carbocycles. The maximum atomic E-state index is 10.2. The molecule has 0 amide bonds. The van der Waals surface area contributed by atoms with Crippen molar-refractivity contribution in [3.63, 3.8) is 0 Å². The van der Waals surface area contributed by atoms with E-state index >= 15 is 0 Å². The van der Waals surface area contributed by atoms with Crippen molar-refractivity contribution in [2.45, 2.75) is 135 Å². The molecule has 0 aromatic carbocycles. The normalized spacial score (nSPS) is 12.2. The smallest absolute Gasteiger partial charge is 0.158 e. The summed E-state index contributed by atoms with van der Waals surface area (Å²) in [5, 5.41) is 29.4. The van der Waals surface area contributed by atoms with Crippen LogP contribution in [-0.4, -0.2) is 39.0 Å². The van der Waals surface area contributed by atoms with Gasteiger partial charge in [-0.05, 0) is 25.1 Å². The predicted octanol–water partition coefficient (Wildman–Crippen LogP) is 4.01. The Morgan fingerprint density at radius 2 is 0.929 bits per heavy atom. The molecule has 0 aromatic rings. The molecule has 3 N–H and O–H groups in total. The van der Waals surface area contributed by atoms with Crippen LogP contribution in [0.2, 0.25) is 0 Å². The van der Waals surface area contributed by atoms with Crippen LogP contribution in [0, 0.1) is 0 Å². The van der Waals surface area contributed by atoms with Gasteiger partial charge in [0.25, 0.3) is 0 Å². The van der Waals surface area contributed by atoms with E-state index in [4.69, 9.17) is 5.11 Å². The molecular formula is C23H50ClNO3. The average Bonchev–Trinajstić information content (AvgIpc) is 2.61. The molecule has 0 aliphatic rings. The Kier molecular flexibility index (Phi) is 20.7. The van der Waals surface area contributed by atoms with E-state index in [0.29, 0.717) is 13.0 Å². The van der Waals surface area contributed by atoms with Gasteiger partial charge in [-0.3, -0.25) is 0 Å². The second-order valence-corrected chi connectivity index (χ2v) is 9.04. The van der Waals surface area contributed by atoms with Crippen LogP contribution in [0.15, 0.2) is 0 Å². The second-order valence-electron chi connectivity index (χ2n) is 9.04. The highest BCUT2D eigenvalue weighted by atomic mass is 35.5. The van der Waals surface area contributed by atoms with Gasteiger partial charge in [0.2, 0.25) is 0 Å². The lowest BCUT2D eigenvalue weighted by Crippen LogP contribution is -3.00. The highest BCUT2D eigenvalue weighted by Gasteiger charge is 2.42. The molecule has 0 atom stereocenters. The van der Waals surface area contributed by atoms with Gasteiger partial charge < -0.3 is 17.5 Å². The lowest BCUT2D eigenvalue weighted by Gasteiger charge is -2.36. The fraction of sp³-hybridized carbons (Fsp3) is 1.00. The quantitative estimate of drug-likeness (QED) is 0.157. The Hall–Kier alpha value is 0.130. The molecule has 28 heavy (non-hydrogen) atoms. The van der Waals surface area contributed by atoms with Gasteiger partial charge in [0, 0.05) is 19.4 Å². The summed E-state index contributed by atoms with van der Waals surface area (Å²) in [4.78, 5) is -0.980. The summed E-state index contributed by atoms with van der Waals surface area (Å²) in [7, 11) is 0. The minimum absolute atomic E-state index is 0. The van der Waals surface area contributed by atoms with E-state index in [0.717, 1.165) is 12.8 Å². The molecule has 0 unspecified atom stereocenters. The van der Waals surface area contributed by atoms with Gasteiger partial charge in [0.1, 0.15) is 6.54 Å². The third-order valence-electron chi connectivity index (χ3n) is 6.02. The van der Waals surface area contributed by atoms with E-state index in [9.17, 15) is 10.4 Å². The third-order valence-corrected chi connectivity index (χ3v) is 6.02. The maximum absolute atomic E-state index is 10.2. The molecule has 0 aromatic heterocycles. The average molecular weight is 424 g/mol. The number of quaternary nitrogens is 1. The van der Waals surface area contributed by atoms with Crippen LogP contribution in [0.1, 0.15) is 130 Å². The van der Waals surface area contributed by atoms with Gasteiger partial charge >= 0.3 is 0 Å². The van der Waals surface area contributed by atoms with Crippen molar-refractivity contribution in [1.29, 1.82) is 0 Å². The van der Waals surface area contributed by atoms with Crippen LogP contribution in [0.25, 0.3) is 0 Å². The molecule has 0 aliphatic heterocycles. The van der Waals surface area contributed by atoms with Crippen LogP contribution in [0.3, 0.4) is 0 Å². The number of hydrogen-bond acceptors (Lipinski definition) is 3. The number of hydrogen-bond donors (Lipinski definition) is 3. The van der Waals surface area contributed by atoms with Crippen molar-refractivity contribution in [2.75, 3.05) is 13.2 Å². The van der Waals surface area contributed by atoms with Gasteiger partial charge in [0.15, 0.2) is 5.54 Å². The minimum atomic E-state index is -0.980. The zero-order valence-corrected chi connectivity index (χ0v) is 19.9. The Bertz CT molecular complexity index is 325. The Labute approximate surface area is 181 Å². The van der Waals surface area contributed by atoms with E-state index in [2.05, 4.69) is 6.92 Å². The summed E-state index contributed by atoms with van der Waals surface area (Å²) in [5.74, 6) is 0. The van der Waals surface area contributed by atoms with Gasteiger partial charge in [-0.15, -0.1) is 0 Å². The van der Waals surface area contributed by atoms with Gasteiger partial charge in [-0.25, -0.2) is 0 Å². The van der Waals surface area contributed by atoms with Crippen LogP contribution < -0.4 is 12.4 Å². The first-order valence-electron chi connectivity index (χ1n) is 11.8. The van der Waals surface area contributed by atoms with Crippen molar-refractivity contribution < 1.29 is 32.7 Å². The lowest BCUT2D eigenvalue weighted by atomic mass is 9.99. The van der Waals surface area contributed by atoms with Gasteiger partial charge in [-0.1, -0.05) is 96.8 Å². The Balaban J connectivity index is 0. The fourth-order valence-corrected chi connectivity index (χ4v) is 3.64. The van der Waals surface area contributed by atoms with Crippen molar-refractivity contribution in [2.24, 2.45) is 0 Å². The standard InChI is InChI=1S/C23H50NO3.ClH/c1-4-5-6-7-8-9-10-11-12-13-14-15-16-17-18-19-21-24(26,27)23(2,3)20-22-25;/h25-27H,4-22H2,1-3H3;1H/q+1;/p-1. The second kappa shape index (κ2) is 19.1. The summed E-state index contributed by atoms with van der Waals surface area (Å²) in [6, 6.07) is 0. The molecule has 5 heteroatoms. The maximum Gasteiger partial charge on any atom is 0.158 e. The van der Waals surface area contributed by atoms with E-state index in [1.54, 1.807) is 13.8 Å². The van der Waals surface area contributed by atoms with Crippen molar-refractivity contribution >= 4 is 0 Å². The number of halogens is 1. The van der Waals surface area contributed by atoms with Crippen molar-refractivity contribution in [3.8, 4) is 0 Å². The monoisotopic (exact) mass is 423 g/mol. The first-order chi connectivity index (χ1) is 12.9. The summed E-state index contributed by atoms with van der Waals surface area (Å²) in [5.41, 5.74) is -0.718. The summed E-state index contributed by atoms with van der Waals surface area (Å²) >= 11 is 0. The first-order valence-corrected chi connectivity index (χ1v) is 11.8. The molecule has 0 saturated carbocycles. The summed E-state index contributed by atoms with van der Waals surface area (Å²) in [6.07, 6.45) is 21.4. The highest BCUT2D eigenvalue weighted by molar-refractivity contribution is 4.65. The Morgan fingerprint density at radius 3 is 1.25 bits per heavy atom. The molecule has 0 rings (SSSR count). The largest absolute Gasteiger partial charge is 1.00 e. The lowest BCUT2D eigenvalue weighted by molar-refractivity contribution is -1.27. The van der Waals surface area contributed by atoms with Crippen LogP contribution in [-0.2, 0) is 0 Å². The first kappa shape index (κ1) is 30.3. The number of hydroxylamine groups is 4. The molecular weight excluding hydrogens is 374 g/mol. The molecule has 0 fully saturated rings. The van der Waals surface area contributed by atoms with Gasteiger partial charge in [0.05, 0.1) is 0 Å². The van der Waals surface area contributed by atoms with E-state index in [-0.39, 0.29) is 19.0 Å². The zero-order valence-electron chi connectivity index (χ0n) is 19.1. The van der Waals surface area contributed by atoms with Gasteiger partial charge in [-0.2, -0.15) is 10.4 Å². The van der Waals surface area contributed by atoms with E-state index in [1.807, 2.05) is 0 Å². The molecule has 0 bridgehead atoms. The molecule has 0 radical (unpaired) electrons. The number of unbranched alkanes of at least 4 members (excludes halogenated alkanes) is 15. The third kappa shape index (κ3) is 16.0. The number of nitrogens with zero attached hydrogens (tertiary/aromatic N) is 1. The van der Waals surface area contributed by atoms with Crippen LogP contribution >= 0.6 is 0 Å². The Morgan fingerprint density at radius 1 is 0.607 bits per heavy atom. The highest BCUT2D eigenvalue weighted by Crippen LogP contribution is 2.24. The van der Waals surface area contributed by atoms with Crippen LogP contribution in [0.4, 0.5) is 0 Å². The molecule has 0 spiro atoms. The molecule has 4 nitrogen and oxygen atoms in total. The van der Waals surface area contributed by atoms with Crippen molar-refractivity contribution in [3.05, 3.63) is 0 Å². The SMILES string of the molecule is CCCCCCCCCCCCCCCCCC[N+](O)(O)C(C)(C)CCO.[Cl-]. The predicted molar refractivity (Wildman–Crippen MR) is 114 cm³/mol. The zero-order chi connectivity index (χ0) is 20.4. The van der Waals surface area contributed by atoms with Crippen LogP contribution in [0.5, 0.6) is 0 Å². The van der Waals surface area contributed by atoms with Crippen molar-refractivity contribution in [1.82, 2.24) is 0 Å². The number of aliphatic hydroxyl groups is 1. The number of aliphatic hydroxyl groups excluding tert-OH is 1. The fourth-order valence-electron chi connectivity index (χ4n) is 3.64. The molecule has 172 valence electrons. The number of rotatable bonds is 20. The van der Waals surface area contributed by atoms with E-state index < -0.39 is 10.3 Å².